The lowest BCUT2D eigenvalue weighted by molar-refractivity contribution is -0.124. The number of carbonyl (C=O) groups is 1. The molecule has 0 aliphatic carbocycles. The zero-order chi connectivity index (χ0) is 22.5. The Balaban J connectivity index is 1.64. The number of aromatic nitrogens is 3. The van der Waals surface area contributed by atoms with Gasteiger partial charge in [0.2, 0.25) is 5.91 Å². The third kappa shape index (κ3) is 5.73. The van der Waals surface area contributed by atoms with Crippen molar-refractivity contribution in [3.05, 3.63) is 47.5 Å². The van der Waals surface area contributed by atoms with Gasteiger partial charge in [-0.15, -0.1) is 10.2 Å². The molecule has 1 fully saturated rings. The number of likely N-dealkylation sites (tertiary alicyclic amines) is 1. The molecule has 2 atom stereocenters. The van der Waals surface area contributed by atoms with Crippen LogP contribution in [-0.4, -0.2) is 44.7 Å². The number of aryl methyl sites for hydroxylation is 1. The van der Waals surface area contributed by atoms with Crippen LogP contribution in [0.2, 0.25) is 0 Å². The van der Waals surface area contributed by atoms with Crippen molar-refractivity contribution in [1.29, 1.82) is 0 Å². The minimum absolute atomic E-state index is 0.0144. The van der Waals surface area contributed by atoms with Crippen molar-refractivity contribution < 1.29 is 4.79 Å². The van der Waals surface area contributed by atoms with Crippen LogP contribution in [0.4, 0.5) is 0 Å². The number of nitrogens with zero attached hydrogens (tertiary/aromatic N) is 4. The van der Waals surface area contributed by atoms with Gasteiger partial charge in [-0.2, -0.15) is 0 Å². The van der Waals surface area contributed by atoms with Gasteiger partial charge in [0, 0.05) is 37.0 Å². The molecular formula is C25H39N5O. The molecule has 1 N–H and O–H groups in total. The maximum atomic E-state index is 12.4. The van der Waals surface area contributed by atoms with Gasteiger partial charge in [-0.25, -0.2) is 0 Å². The van der Waals surface area contributed by atoms with E-state index in [1.165, 1.54) is 5.56 Å². The Labute approximate surface area is 187 Å². The van der Waals surface area contributed by atoms with Crippen LogP contribution in [0.15, 0.2) is 30.3 Å². The zero-order valence-electron chi connectivity index (χ0n) is 20.0. The summed E-state index contributed by atoms with van der Waals surface area (Å²) in [6, 6.07) is 11.3. The number of hydrogen-bond acceptors (Lipinski definition) is 4. The molecule has 2 heterocycles. The van der Waals surface area contributed by atoms with Crippen molar-refractivity contribution in [1.82, 2.24) is 25.0 Å². The first-order valence-corrected chi connectivity index (χ1v) is 11.8. The molecule has 1 aromatic carbocycles. The second-order valence-corrected chi connectivity index (χ2v) is 9.61. The molecule has 170 valence electrons. The molecule has 0 bridgehead atoms. The number of amides is 1. The van der Waals surface area contributed by atoms with Crippen LogP contribution in [-0.2, 0) is 4.79 Å². The third-order valence-corrected chi connectivity index (χ3v) is 6.52. The van der Waals surface area contributed by atoms with Crippen LogP contribution in [0.25, 0.3) is 0 Å². The number of rotatable bonds is 8. The van der Waals surface area contributed by atoms with E-state index in [0.29, 0.717) is 18.0 Å². The zero-order valence-corrected chi connectivity index (χ0v) is 20.0. The quantitative estimate of drug-likeness (QED) is 0.669. The molecule has 1 amide bonds. The molecule has 1 aromatic heterocycles. The van der Waals surface area contributed by atoms with Gasteiger partial charge in [-0.05, 0) is 38.7 Å². The number of benzene rings is 1. The lowest BCUT2D eigenvalue weighted by Crippen LogP contribution is -2.43. The van der Waals surface area contributed by atoms with Crippen molar-refractivity contribution in [3.63, 3.8) is 0 Å². The van der Waals surface area contributed by atoms with E-state index < -0.39 is 0 Å². The minimum Gasteiger partial charge on any atom is -0.349 e. The van der Waals surface area contributed by atoms with E-state index in [1.807, 2.05) is 32.0 Å². The molecule has 1 unspecified atom stereocenters. The molecule has 6 heteroatoms. The second-order valence-electron chi connectivity index (χ2n) is 9.61. The van der Waals surface area contributed by atoms with E-state index in [1.54, 1.807) is 0 Å². The molecule has 0 radical (unpaired) electrons. The SMILES string of the molecule is Cc1nnc(C(C)C)n1C1CCN(C(C)C[C@H](NC(=O)C(C)C)c2ccccc2)CC1. The second kappa shape index (κ2) is 10.4. The molecular weight excluding hydrogens is 386 g/mol. The first-order valence-electron chi connectivity index (χ1n) is 11.8. The predicted molar refractivity (Wildman–Crippen MR) is 125 cm³/mol. The first kappa shape index (κ1) is 23.5. The fourth-order valence-electron chi connectivity index (χ4n) is 4.61. The smallest absolute Gasteiger partial charge is 0.223 e. The maximum Gasteiger partial charge on any atom is 0.223 e. The van der Waals surface area contributed by atoms with Crippen molar-refractivity contribution >= 4 is 5.91 Å². The fourth-order valence-corrected chi connectivity index (χ4v) is 4.61. The molecule has 6 nitrogen and oxygen atoms in total. The molecule has 2 aromatic rings. The van der Waals surface area contributed by atoms with Crippen LogP contribution in [0.1, 0.15) is 89.1 Å². The predicted octanol–water partition coefficient (Wildman–Crippen LogP) is 4.64. The molecule has 1 aliphatic rings. The summed E-state index contributed by atoms with van der Waals surface area (Å²) in [5, 5.41) is 12.0. The number of nitrogens with one attached hydrogen (secondary N) is 1. The van der Waals surface area contributed by atoms with Crippen molar-refractivity contribution in [2.45, 2.75) is 84.8 Å². The monoisotopic (exact) mass is 425 g/mol. The summed E-state index contributed by atoms with van der Waals surface area (Å²) in [6.45, 7) is 14.7. The van der Waals surface area contributed by atoms with Gasteiger partial charge >= 0.3 is 0 Å². The number of piperidine rings is 1. The van der Waals surface area contributed by atoms with Crippen LogP contribution < -0.4 is 5.32 Å². The lowest BCUT2D eigenvalue weighted by Gasteiger charge is -2.38. The summed E-state index contributed by atoms with van der Waals surface area (Å²) >= 11 is 0. The van der Waals surface area contributed by atoms with E-state index >= 15 is 0 Å². The van der Waals surface area contributed by atoms with Crippen LogP contribution >= 0.6 is 0 Å². The summed E-state index contributed by atoms with van der Waals surface area (Å²) in [6.07, 6.45) is 3.13. The Kier molecular flexibility index (Phi) is 7.87. The highest BCUT2D eigenvalue weighted by atomic mass is 16.1. The van der Waals surface area contributed by atoms with Gasteiger partial charge in [0.25, 0.3) is 0 Å². The maximum absolute atomic E-state index is 12.4. The normalized spacial score (nSPS) is 17.8. The van der Waals surface area contributed by atoms with E-state index in [0.717, 1.165) is 44.0 Å². The van der Waals surface area contributed by atoms with E-state index in [4.69, 9.17) is 0 Å². The Bertz CT molecular complexity index is 837. The standard InChI is InChI=1S/C25H39N5O/c1-17(2)24-28-27-20(6)30(24)22-12-14-29(15-13-22)19(5)16-23(26-25(31)18(3)4)21-10-8-7-9-11-21/h7-11,17-19,22-23H,12-16H2,1-6H3,(H,26,31)/t19?,23-/m0/s1. The van der Waals surface area contributed by atoms with Crippen LogP contribution in [0.5, 0.6) is 0 Å². The Morgan fingerprint density at radius 3 is 2.29 bits per heavy atom. The van der Waals surface area contributed by atoms with Gasteiger partial charge in [0.1, 0.15) is 11.6 Å². The third-order valence-electron chi connectivity index (χ3n) is 6.52. The van der Waals surface area contributed by atoms with Crippen LogP contribution in [0.3, 0.4) is 0 Å². The summed E-state index contributed by atoms with van der Waals surface area (Å²) in [5.74, 6) is 2.61. The summed E-state index contributed by atoms with van der Waals surface area (Å²) in [5.41, 5.74) is 1.18. The molecule has 1 aliphatic heterocycles. The van der Waals surface area contributed by atoms with E-state index in [2.05, 4.69) is 64.8 Å². The molecule has 31 heavy (non-hydrogen) atoms. The van der Waals surface area contributed by atoms with Crippen molar-refractivity contribution in [3.8, 4) is 0 Å². The summed E-state index contributed by atoms with van der Waals surface area (Å²) < 4.78 is 2.36. The highest BCUT2D eigenvalue weighted by Crippen LogP contribution is 2.30. The van der Waals surface area contributed by atoms with Gasteiger partial charge in [-0.1, -0.05) is 58.0 Å². The van der Waals surface area contributed by atoms with Crippen molar-refractivity contribution in [2.75, 3.05) is 13.1 Å². The average molecular weight is 426 g/mol. The molecule has 1 saturated heterocycles. The average Bonchev–Trinajstić information content (AvgIpc) is 3.15. The minimum atomic E-state index is -0.0144. The first-order chi connectivity index (χ1) is 14.8. The van der Waals surface area contributed by atoms with Gasteiger partial charge in [0.05, 0.1) is 6.04 Å². The molecule has 0 spiro atoms. The van der Waals surface area contributed by atoms with Crippen LogP contribution in [0, 0.1) is 12.8 Å². The topological polar surface area (TPSA) is 63.1 Å². The van der Waals surface area contributed by atoms with E-state index in [-0.39, 0.29) is 17.9 Å². The van der Waals surface area contributed by atoms with Gasteiger partial charge < -0.3 is 14.8 Å². The fraction of sp³-hybridized carbons (Fsp3) is 0.640. The summed E-state index contributed by atoms with van der Waals surface area (Å²) in [7, 11) is 0. The Morgan fingerprint density at radius 1 is 1.06 bits per heavy atom. The molecule has 3 rings (SSSR count). The Hall–Kier alpha value is -2.21. The number of hydrogen-bond donors (Lipinski definition) is 1. The van der Waals surface area contributed by atoms with Gasteiger partial charge in [0.15, 0.2) is 0 Å². The highest BCUT2D eigenvalue weighted by Gasteiger charge is 2.29. The number of carbonyl (C=O) groups excluding carboxylic acids is 1. The Morgan fingerprint density at radius 2 is 1.71 bits per heavy atom. The highest BCUT2D eigenvalue weighted by molar-refractivity contribution is 5.78. The lowest BCUT2D eigenvalue weighted by atomic mass is 9.96. The summed E-state index contributed by atoms with van der Waals surface area (Å²) in [4.78, 5) is 15.0. The van der Waals surface area contributed by atoms with Crippen molar-refractivity contribution in [2.24, 2.45) is 5.92 Å². The van der Waals surface area contributed by atoms with Gasteiger partial charge in [-0.3, -0.25) is 4.79 Å². The van der Waals surface area contributed by atoms with E-state index in [9.17, 15) is 4.79 Å². The largest absolute Gasteiger partial charge is 0.349 e. The molecule has 0 saturated carbocycles.